The third-order valence-electron chi connectivity index (χ3n) is 3.86. The van der Waals surface area contributed by atoms with E-state index in [9.17, 15) is 17.6 Å². The maximum Gasteiger partial charge on any atom is 0.240 e. The summed E-state index contributed by atoms with van der Waals surface area (Å²) in [5.41, 5.74) is 0.131. The number of rotatable bonds is 8. The largest absolute Gasteiger partial charge is 0.379 e. The lowest BCUT2D eigenvalue weighted by molar-refractivity contribution is -0.119. The Hall–Kier alpha value is -1.71. The standard InChI is InChI=1S/C16H24FN3O4S/c1-25(22,23)20(15-5-2-4-14(17)12-15)13-16(21)18-6-3-7-19-8-10-24-11-9-19/h2,4-5,12H,3,6-11,13H2,1H3,(H,18,21). The smallest absolute Gasteiger partial charge is 0.240 e. The number of benzene rings is 1. The van der Waals surface area contributed by atoms with Crippen LogP contribution in [0, 0.1) is 5.82 Å². The third-order valence-corrected chi connectivity index (χ3v) is 5.00. The zero-order chi connectivity index (χ0) is 18.3. The zero-order valence-electron chi connectivity index (χ0n) is 14.3. The molecular formula is C16H24FN3O4S. The summed E-state index contributed by atoms with van der Waals surface area (Å²) < 4.78 is 43.3. The number of anilines is 1. The number of halogens is 1. The van der Waals surface area contributed by atoms with Crippen LogP contribution in [0.3, 0.4) is 0 Å². The lowest BCUT2D eigenvalue weighted by atomic mass is 10.3. The van der Waals surface area contributed by atoms with E-state index in [1.807, 2.05) is 0 Å². The van der Waals surface area contributed by atoms with Gasteiger partial charge in [0.2, 0.25) is 15.9 Å². The van der Waals surface area contributed by atoms with Gasteiger partial charge in [-0.2, -0.15) is 0 Å². The van der Waals surface area contributed by atoms with E-state index in [0.29, 0.717) is 6.54 Å². The van der Waals surface area contributed by atoms with Crippen LogP contribution >= 0.6 is 0 Å². The lowest BCUT2D eigenvalue weighted by Gasteiger charge is -2.26. The molecule has 1 aliphatic heterocycles. The van der Waals surface area contributed by atoms with Crippen LogP contribution in [0.1, 0.15) is 6.42 Å². The molecule has 1 fully saturated rings. The molecule has 140 valence electrons. The number of sulfonamides is 1. The Morgan fingerprint density at radius 3 is 2.72 bits per heavy atom. The highest BCUT2D eigenvalue weighted by Crippen LogP contribution is 2.18. The van der Waals surface area contributed by atoms with Crippen molar-refractivity contribution in [3.8, 4) is 0 Å². The third kappa shape index (κ3) is 6.60. The summed E-state index contributed by atoms with van der Waals surface area (Å²) in [4.78, 5) is 14.3. The van der Waals surface area contributed by atoms with Crippen molar-refractivity contribution >= 4 is 21.6 Å². The molecule has 1 saturated heterocycles. The Balaban J connectivity index is 1.83. The van der Waals surface area contributed by atoms with Crippen LogP contribution in [0.2, 0.25) is 0 Å². The number of morpholine rings is 1. The fraction of sp³-hybridized carbons (Fsp3) is 0.562. The maximum atomic E-state index is 13.3. The summed E-state index contributed by atoms with van der Waals surface area (Å²) in [5, 5.41) is 2.71. The molecule has 0 atom stereocenters. The summed E-state index contributed by atoms with van der Waals surface area (Å²) in [6, 6.07) is 5.17. The molecule has 1 amide bonds. The molecule has 1 aliphatic rings. The van der Waals surface area contributed by atoms with Crippen LogP contribution in [0.4, 0.5) is 10.1 Å². The quantitative estimate of drug-likeness (QED) is 0.669. The Kier molecular flexibility index (Phi) is 7.15. The molecule has 1 N–H and O–H groups in total. The molecular weight excluding hydrogens is 349 g/mol. The van der Waals surface area contributed by atoms with Crippen molar-refractivity contribution in [2.45, 2.75) is 6.42 Å². The number of amides is 1. The lowest BCUT2D eigenvalue weighted by Crippen LogP contribution is -2.42. The number of nitrogens with one attached hydrogen (secondary N) is 1. The summed E-state index contributed by atoms with van der Waals surface area (Å²) in [6.45, 7) is 4.15. The minimum atomic E-state index is -3.69. The zero-order valence-corrected chi connectivity index (χ0v) is 15.1. The van der Waals surface area contributed by atoms with Crippen molar-refractivity contribution in [2.24, 2.45) is 0 Å². The van der Waals surface area contributed by atoms with Gasteiger partial charge in [0.15, 0.2) is 0 Å². The molecule has 2 rings (SSSR count). The van der Waals surface area contributed by atoms with Gasteiger partial charge in [-0.25, -0.2) is 12.8 Å². The van der Waals surface area contributed by atoms with Crippen molar-refractivity contribution < 1.29 is 22.3 Å². The molecule has 0 unspecified atom stereocenters. The van der Waals surface area contributed by atoms with Crippen LogP contribution in [0.25, 0.3) is 0 Å². The van der Waals surface area contributed by atoms with Gasteiger partial charge in [-0.15, -0.1) is 0 Å². The average molecular weight is 373 g/mol. The van der Waals surface area contributed by atoms with Crippen molar-refractivity contribution in [1.82, 2.24) is 10.2 Å². The van der Waals surface area contributed by atoms with Crippen LogP contribution < -0.4 is 9.62 Å². The molecule has 0 spiro atoms. The first-order valence-electron chi connectivity index (χ1n) is 8.16. The highest BCUT2D eigenvalue weighted by atomic mass is 32.2. The van der Waals surface area contributed by atoms with Gasteiger partial charge in [0.05, 0.1) is 25.2 Å². The Morgan fingerprint density at radius 1 is 1.36 bits per heavy atom. The number of hydrogen-bond acceptors (Lipinski definition) is 5. The molecule has 1 heterocycles. The second kappa shape index (κ2) is 9.12. The van der Waals surface area contributed by atoms with Gasteiger partial charge in [-0.05, 0) is 31.2 Å². The predicted octanol–water partition coefficient (Wildman–Crippen LogP) is 0.430. The normalized spacial score (nSPS) is 15.8. The monoisotopic (exact) mass is 373 g/mol. The van der Waals surface area contributed by atoms with E-state index in [-0.39, 0.29) is 12.2 Å². The Bertz CT molecular complexity index is 678. The van der Waals surface area contributed by atoms with Gasteiger partial charge < -0.3 is 10.1 Å². The van der Waals surface area contributed by atoms with Gasteiger partial charge in [-0.3, -0.25) is 14.0 Å². The van der Waals surface area contributed by atoms with Crippen molar-refractivity contribution in [1.29, 1.82) is 0 Å². The molecule has 0 saturated carbocycles. The number of carbonyl (C=O) groups is 1. The molecule has 1 aromatic carbocycles. The fourth-order valence-electron chi connectivity index (χ4n) is 2.57. The summed E-state index contributed by atoms with van der Waals surface area (Å²) in [5.74, 6) is -0.978. The van der Waals surface area contributed by atoms with Crippen LogP contribution in [-0.2, 0) is 19.6 Å². The van der Waals surface area contributed by atoms with Gasteiger partial charge >= 0.3 is 0 Å². The maximum absolute atomic E-state index is 13.3. The minimum absolute atomic E-state index is 0.131. The van der Waals surface area contributed by atoms with E-state index in [1.165, 1.54) is 18.2 Å². The van der Waals surface area contributed by atoms with Crippen molar-refractivity contribution in [2.75, 3.05) is 56.5 Å². The summed E-state index contributed by atoms with van der Waals surface area (Å²) in [6.07, 6.45) is 1.76. The molecule has 25 heavy (non-hydrogen) atoms. The first-order chi connectivity index (χ1) is 11.9. The fourth-order valence-corrected chi connectivity index (χ4v) is 3.42. The molecule has 0 aromatic heterocycles. The molecule has 0 radical (unpaired) electrons. The van der Waals surface area contributed by atoms with Crippen LogP contribution in [0.5, 0.6) is 0 Å². The van der Waals surface area contributed by atoms with Crippen molar-refractivity contribution in [3.63, 3.8) is 0 Å². The second-order valence-electron chi connectivity index (χ2n) is 5.91. The number of carbonyl (C=O) groups excluding carboxylic acids is 1. The van der Waals surface area contributed by atoms with Crippen LogP contribution in [0.15, 0.2) is 24.3 Å². The number of ether oxygens (including phenoxy) is 1. The molecule has 1 aromatic rings. The van der Waals surface area contributed by atoms with Crippen molar-refractivity contribution in [3.05, 3.63) is 30.1 Å². The highest BCUT2D eigenvalue weighted by molar-refractivity contribution is 7.92. The Morgan fingerprint density at radius 2 is 2.08 bits per heavy atom. The summed E-state index contributed by atoms with van der Waals surface area (Å²) >= 11 is 0. The van der Waals surface area contributed by atoms with E-state index in [2.05, 4.69) is 10.2 Å². The highest BCUT2D eigenvalue weighted by Gasteiger charge is 2.21. The first kappa shape index (κ1) is 19.6. The molecule has 0 bridgehead atoms. The van der Waals surface area contributed by atoms with E-state index < -0.39 is 21.7 Å². The van der Waals surface area contributed by atoms with Gasteiger partial charge in [0.25, 0.3) is 0 Å². The topological polar surface area (TPSA) is 79.0 Å². The van der Waals surface area contributed by atoms with Gasteiger partial charge in [-0.1, -0.05) is 6.07 Å². The van der Waals surface area contributed by atoms with Gasteiger partial charge in [0, 0.05) is 19.6 Å². The summed E-state index contributed by atoms with van der Waals surface area (Å²) in [7, 11) is -3.69. The number of nitrogens with zero attached hydrogens (tertiary/aromatic N) is 2. The van der Waals surface area contributed by atoms with Crippen LogP contribution in [-0.4, -0.2) is 71.4 Å². The predicted molar refractivity (Wildman–Crippen MR) is 93.5 cm³/mol. The SMILES string of the molecule is CS(=O)(=O)N(CC(=O)NCCCN1CCOCC1)c1cccc(F)c1. The van der Waals surface area contributed by atoms with E-state index in [4.69, 9.17) is 4.74 Å². The molecule has 9 heteroatoms. The van der Waals surface area contributed by atoms with E-state index in [1.54, 1.807) is 0 Å². The minimum Gasteiger partial charge on any atom is -0.379 e. The number of hydrogen-bond donors (Lipinski definition) is 1. The average Bonchev–Trinajstić information content (AvgIpc) is 2.56. The molecule has 0 aliphatic carbocycles. The molecule has 7 nitrogen and oxygen atoms in total. The van der Waals surface area contributed by atoms with E-state index in [0.717, 1.165) is 55.9 Å². The Labute approximate surface area is 147 Å². The first-order valence-corrected chi connectivity index (χ1v) is 10.0. The second-order valence-corrected chi connectivity index (χ2v) is 7.81. The van der Waals surface area contributed by atoms with Gasteiger partial charge in [0.1, 0.15) is 12.4 Å². The van der Waals surface area contributed by atoms with E-state index >= 15 is 0 Å².